The van der Waals surface area contributed by atoms with E-state index in [0.717, 1.165) is 4.47 Å². The molecule has 3 N–H and O–H groups in total. The van der Waals surface area contributed by atoms with Crippen LogP contribution < -0.4 is 11.1 Å². The van der Waals surface area contributed by atoms with Gasteiger partial charge in [-0.1, -0.05) is 0 Å². The topological polar surface area (TPSA) is 72.9 Å². The average molecular weight is 309 g/mol. The zero-order valence-electron chi connectivity index (χ0n) is 9.64. The predicted octanol–water partition coefficient (Wildman–Crippen LogP) is 1.66. The molecule has 2 aromatic rings. The molecule has 0 radical (unpaired) electrons. The fourth-order valence-corrected chi connectivity index (χ4v) is 1.96. The first kappa shape index (κ1) is 12.6. The van der Waals surface area contributed by atoms with Gasteiger partial charge in [-0.25, -0.2) is 0 Å². The Labute approximate surface area is 113 Å². The van der Waals surface area contributed by atoms with E-state index < -0.39 is 0 Å². The van der Waals surface area contributed by atoms with Gasteiger partial charge in [-0.05, 0) is 40.2 Å². The monoisotopic (exact) mass is 308 g/mol. The molecular weight excluding hydrogens is 296 g/mol. The molecule has 0 spiro atoms. The van der Waals surface area contributed by atoms with Gasteiger partial charge in [0.1, 0.15) is 0 Å². The van der Waals surface area contributed by atoms with Crippen molar-refractivity contribution in [3.63, 3.8) is 0 Å². The molecule has 6 heteroatoms. The Morgan fingerprint density at radius 3 is 3.06 bits per heavy atom. The number of hydrogen-bond acceptors (Lipinski definition) is 3. The second-order valence-corrected chi connectivity index (χ2v) is 4.62. The minimum absolute atomic E-state index is 0.152. The lowest BCUT2D eigenvalue weighted by Gasteiger charge is -2.07. The number of carbonyl (C=O) groups is 1. The maximum atomic E-state index is 11.9. The van der Waals surface area contributed by atoms with Crippen LogP contribution in [0.1, 0.15) is 10.4 Å². The van der Waals surface area contributed by atoms with Gasteiger partial charge in [0.2, 0.25) is 0 Å². The van der Waals surface area contributed by atoms with Crippen molar-refractivity contribution in [2.24, 2.45) is 0 Å². The van der Waals surface area contributed by atoms with E-state index in [2.05, 4.69) is 26.3 Å². The molecule has 2 rings (SSSR count). The highest BCUT2D eigenvalue weighted by atomic mass is 79.9. The Balaban J connectivity index is 1.93. The van der Waals surface area contributed by atoms with Crippen molar-refractivity contribution < 1.29 is 4.79 Å². The molecule has 18 heavy (non-hydrogen) atoms. The minimum Gasteiger partial charge on any atom is -0.399 e. The van der Waals surface area contributed by atoms with Gasteiger partial charge in [-0.15, -0.1) is 0 Å². The molecule has 0 saturated heterocycles. The van der Waals surface area contributed by atoms with E-state index in [1.807, 2.05) is 12.3 Å². The van der Waals surface area contributed by atoms with Gasteiger partial charge < -0.3 is 11.1 Å². The number of halogens is 1. The maximum absolute atomic E-state index is 11.9. The fourth-order valence-electron chi connectivity index (χ4n) is 1.53. The van der Waals surface area contributed by atoms with Crippen molar-refractivity contribution in [3.05, 3.63) is 46.7 Å². The van der Waals surface area contributed by atoms with Crippen LogP contribution in [0.5, 0.6) is 0 Å². The molecule has 0 saturated carbocycles. The number of benzene rings is 1. The molecule has 0 atom stereocenters. The molecule has 0 aliphatic heterocycles. The van der Waals surface area contributed by atoms with Gasteiger partial charge in [0.25, 0.3) is 5.91 Å². The minimum atomic E-state index is -0.152. The second kappa shape index (κ2) is 5.68. The van der Waals surface area contributed by atoms with Crippen molar-refractivity contribution in [2.45, 2.75) is 6.54 Å². The molecule has 0 aliphatic rings. The largest absolute Gasteiger partial charge is 0.399 e. The second-order valence-electron chi connectivity index (χ2n) is 3.76. The van der Waals surface area contributed by atoms with Crippen molar-refractivity contribution >= 4 is 27.5 Å². The van der Waals surface area contributed by atoms with Crippen LogP contribution in [-0.4, -0.2) is 22.2 Å². The third-order valence-electron chi connectivity index (χ3n) is 2.42. The highest BCUT2D eigenvalue weighted by Crippen LogP contribution is 2.19. The van der Waals surface area contributed by atoms with Gasteiger partial charge in [-0.2, -0.15) is 5.10 Å². The van der Waals surface area contributed by atoms with E-state index in [4.69, 9.17) is 5.73 Å². The van der Waals surface area contributed by atoms with E-state index in [1.165, 1.54) is 0 Å². The zero-order chi connectivity index (χ0) is 13.0. The van der Waals surface area contributed by atoms with Gasteiger partial charge in [0.05, 0.1) is 12.1 Å². The number of hydrogen-bond donors (Lipinski definition) is 2. The summed E-state index contributed by atoms with van der Waals surface area (Å²) in [6.45, 7) is 1.15. The summed E-state index contributed by atoms with van der Waals surface area (Å²) in [6.07, 6.45) is 3.55. The zero-order valence-corrected chi connectivity index (χ0v) is 11.2. The number of nitrogens with zero attached hydrogens (tertiary/aromatic N) is 2. The van der Waals surface area contributed by atoms with E-state index >= 15 is 0 Å². The van der Waals surface area contributed by atoms with E-state index in [-0.39, 0.29) is 5.91 Å². The molecule has 0 fully saturated rings. The van der Waals surface area contributed by atoms with Gasteiger partial charge in [0.15, 0.2) is 0 Å². The summed E-state index contributed by atoms with van der Waals surface area (Å²) in [4.78, 5) is 11.9. The fraction of sp³-hybridized carbons (Fsp3) is 0.167. The highest BCUT2D eigenvalue weighted by molar-refractivity contribution is 9.10. The quantitative estimate of drug-likeness (QED) is 0.844. The summed E-state index contributed by atoms with van der Waals surface area (Å²) >= 11 is 3.33. The number of nitrogens with one attached hydrogen (secondary N) is 1. The Hall–Kier alpha value is -1.82. The normalized spacial score (nSPS) is 10.3. The highest BCUT2D eigenvalue weighted by Gasteiger charge is 2.09. The molecular formula is C12H13BrN4O. The van der Waals surface area contributed by atoms with Crippen LogP contribution in [0.2, 0.25) is 0 Å². The SMILES string of the molecule is Nc1ccc(Br)c(C(=O)NCCn2cccn2)c1. The smallest absolute Gasteiger partial charge is 0.252 e. The van der Waals surface area contributed by atoms with Crippen molar-refractivity contribution in [2.75, 3.05) is 12.3 Å². The summed E-state index contributed by atoms with van der Waals surface area (Å²) < 4.78 is 2.49. The Bertz CT molecular complexity index is 539. The summed E-state index contributed by atoms with van der Waals surface area (Å²) in [6, 6.07) is 6.99. The van der Waals surface area contributed by atoms with Crippen molar-refractivity contribution in [1.82, 2.24) is 15.1 Å². The van der Waals surface area contributed by atoms with Crippen LogP contribution >= 0.6 is 15.9 Å². The summed E-state index contributed by atoms with van der Waals surface area (Å²) in [7, 11) is 0. The van der Waals surface area contributed by atoms with E-state index in [1.54, 1.807) is 29.1 Å². The number of nitrogens with two attached hydrogens (primary N) is 1. The lowest BCUT2D eigenvalue weighted by molar-refractivity contribution is 0.0951. The summed E-state index contributed by atoms with van der Waals surface area (Å²) in [5.41, 5.74) is 6.76. The number of rotatable bonds is 4. The molecule has 1 aromatic heterocycles. The first-order valence-corrected chi connectivity index (χ1v) is 6.27. The van der Waals surface area contributed by atoms with Crippen LogP contribution in [0.4, 0.5) is 5.69 Å². The maximum Gasteiger partial charge on any atom is 0.252 e. The van der Waals surface area contributed by atoms with E-state index in [0.29, 0.717) is 24.3 Å². The Morgan fingerprint density at radius 1 is 1.50 bits per heavy atom. The third-order valence-corrected chi connectivity index (χ3v) is 3.11. The van der Waals surface area contributed by atoms with Crippen LogP contribution in [0, 0.1) is 0 Å². The molecule has 1 heterocycles. The number of carbonyl (C=O) groups excluding carboxylic acids is 1. The number of anilines is 1. The molecule has 5 nitrogen and oxygen atoms in total. The third kappa shape index (κ3) is 3.10. The molecule has 1 amide bonds. The average Bonchev–Trinajstić information content (AvgIpc) is 2.85. The molecule has 0 bridgehead atoms. The van der Waals surface area contributed by atoms with Crippen molar-refractivity contribution in [1.29, 1.82) is 0 Å². The van der Waals surface area contributed by atoms with Crippen LogP contribution in [0.3, 0.4) is 0 Å². The Kier molecular flexibility index (Phi) is 3.99. The van der Waals surface area contributed by atoms with Crippen LogP contribution in [-0.2, 0) is 6.54 Å². The van der Waals surface area contributed by atoms with Gasteiger partial charge >= 0.3 is 0 Å². The predicted molar refractivity (Wildman–Crippen MR) is 73.1 cm³/mol. The lowest BCUT2D eigenvalue weighted by Crippen LogP contribution is -2.27. The van der Waals surface area contributed by atoms with Crippen molar-refractivity contribution in [3.8, 4) is 0 Å². The first-order valence-electron chi connectivity index (χ1n) is 5.47. The van der Waals surface area contributed by atoms with Gasteiger partial charge in [0, 0.05) is 29.1 Å². The Morgan fingerprint density at radius 2 is 2.33 bits per heavy atom. The van der Waals surface area contributed by atoms with Gasteiger partial charge in [-0.3, -0.25) is 9.48 Å². The number of nitrogen functional groups attached to an aromatic ring is 1. The molecule has 0 unspecified atom stereocenters. The molecule has 1 aromatic carbocycles. The van der Waals surface area contributed by atoms with Crippen LogP contribution in [0.25, 0.3) is 0 Å². The summed E-state index contributed by atoms with van der Waals surface area (Å²) in [5, 5.41) is 6.87. The number of aromatic nitrogens is 2. The standard InChI is InChI=1S/C12H13BrN4O/c13-11-3-2-9(14)8-10(11)12(18)15-5-7-17-6-1-4-16-17/h1-4,6,8H,5,7,14H2,(H,15,18). The number of amides is 1. The molecule has 0 aliphatic carbocycles. The van der Waals surface area contributed by atoms with Crippen LogP contribution in [0.15, 0.2) is 41.1 Å². The lowest BCUT2D eigenvalue weighted by atomic mass is 10.2. The molecule has 94 valence electrons. The first-order chi connectivity index (χ1) is 8.66. The van der Waals surface area contributed by atoms with E-state index in [9.17, 15) is 4.79 Å². The summed E-state index contributed by atoms with van der Waals surface area (Å²) in [5.74, 6) is -0.152.